The van der Waals surface area contributed by atoms with Crippen LogP contribution in [-0.4, -0.2) is 29.6 Å². The van der Waals surface area contributed by atoms with Crippen LogP contribution in [0, 0.1) is 5.82 Å². The van der Waals surface area contributed by atoms with Crippen molar-refractivity contribution in [3.63, 3.8) is 0 Å². The van der Waals surface area contributed by atoms with Gasteiger partial charge in [-0.1, -0.05) is 0 Å². The Morgan fingerprint density at radius 3 is 2.82 bits per heavy atom. The molecule has 94 valence electrons. The SMILES string of the molecule is Fc1cncc(CNC2(CCl)CCOCC2)c1. The normalized spacial score (nSPS) is 19.2. The standard InChI is InChI=1S/C12H16ClFN2O/c13-9-12(1-3-17-4-2-12)16-7-10-5-11(14)8-15-6-10/h5-6,8,16H,1-4,7,9H2. The molecule has 0 atom stereocenters. The maximum atomic E-state index is 13.0. The van der Waals surface area contributed by atoms with Crippen LogP contribution in [0.4, 0.5) is 4.39 Å². The summed E-state index contributed by atoms with van der Waals surface area (Å²) in [6.07, 6.45) is 4.64. The van der Waals surface area contributed by atoms with Crippen molar-refractivity contribution >= 4 is 11.6 Å². The Balaban J connectivity index is 1.95. The zero-order valence-electron chi connectivity index (χ0n) is 9.59. The fourth-order valence-electron chi connectivity index (χ4n) is 1.96. The van der Waals surface area contributed by atoms with Crippen LogP contribution in [0.3, 0.4) is 0 Å². The van der Waals surface area contributed by atoms with Crippen molar-refractivity contribution in [3.05, 3.63) is 29.8 Å². The van der Waals surface area contributed by atoms with Crippen LogP contribution < -0.4 is 5.32 Å². The van der Waals surface area contributed by atoms with Gasteiger partial charge in [-0.15, -0.1) is 11.6 Å². The molecule has 0 aliphatic carbocycles. The highest BCUT2D eigenvalue weighted by atomic mass is 35.5. The number of pyridine rings is 1. The van der Waals surface area contributed by atoms with Crippen LogP contribution in [0.25, 0.3) is 0 Å². The molecule has 1 aliphatic rings. The summed E-state index contributed by atoms with van der Waals surface area (Å²) < 4.78 is 18.3. The zero-order chi connectivity index (χ0) is 12.1. The summed E-state index contributed by atoms with van der Waals surface area (Å²) in [5.74, 6) is 0.232. The summed E-state index contributed by atoms with van der Waals surface area (Å²) >= 11 is 6.03. The molecule has 0 spiro atoms. The largest absolute Gasteiger partial charge is 0.381 e. The number of rotatable bonds is 4. The second-order valence-electron chi connectivity index (χ2n) is 4.39. The molecule has 0 amide bonds. The van der Waals surface area contributed by atoms with Crippen molar-refractivity contribution in [3.8, 4) is 0 Å². The molecule has 2 rings (SSSR count). The van der Waals surface area contributed by atoms with Crippen molar-refractivity contribution in [1.29, 1.82) is 0 Å². The van der Waals surface area contributed by atoms with E-state index in [1.165, 1.54) is 12.3 Å². The van der Waals surface area contributed by atoms with E-state index in [1.807, 2.05) is 0 Å². The molecule has 5 heteroatoms. The molecule has 1 aromatic rings. The van der Waals surface area contributed by atoms with Gasteiger partial charge in [0, 0.05) is 37.4 Å². The lowest BCUT2D eigenvalue weighted by atomic mass is 9.92. The Morgan fingerprint density at radius 1 is 1.41 bits per heavy atom. The second kappa shape index (κ2) is 5.76. The molecule has 0 saturated carbocycles. The number of hydrogen-bond acceptors (Lipinski definition) is 3. The van der Waals surface area contributed by atoms with Gasteiger partial charge in [0.2, 0.25) is 0 Å². The second-order valence-corrected chi connectivity index (χ2v) is 4.66. The number of nitrogens with zero attached hydrogens (tertiary/aromatic N) is 1. The topological polar surface area (TPSA) is 34.2 Å². The molecule has 1 saturated heterocycles. The monoisotopic (exact) mass is 258 g/mol. The maximum absolute atomic E-state index is 13.0. The maximum Gasteiger partial charge on any atom is 0.141 e. The van der Waals surface area contributed by atoms with Crippen LogP contribution in [0.2, 0.25) is 0 Å². The van der Waals surface area contributed by atoms with Gasteiger partial charge in [0.05, 0.1) is 6.20 Å². The third-order valence-electron chi connectivity index (χ3n) is 3.13. The Hall–Kier alpha value is -0.710. The fourth-order valence-corrected chi connectivity index (χ4v) is 2.32. The minimum Gasteiger partial charge on any atom is -0.381 e. The summed E-state index contributed by atoms with van der Waals surface area (Å²) in [6.45, 7) is 2.03. The number of hydrogen-bond donors (Lipinski definition) is 1. The highest BCUT2D eigenvalue weighted by Crippen LogP contribution is 2.22. The molecule has 17 heavy (non-hydrogen) atoms. The van der Waals surface area contributed by atoms with E-state index in [0.29, 0.717) is 12.4 Å². The molecule has 3 nitrogen and oxygen atoms in total. The molecule has 2 heterocycles. The Kier molecular flexibility index (Phi) is 4.31. The van der Waals surface area contributed by atoms with Crippen LogP contribution in [-0.2, 0) is 11.3 Å². The first-order valence-corrected chi connectivity index (χ1v) is 6.26. The van der Waals surface area contributed by atoms with E-state index in [4.69, 9.17) is 16.3 Å². The molecule has 0 aromatic carbocycles. The minimum absolute atomic E-state index is 0.0911. The minimum atomic E-state index is -0.309. The van der Waals surface area contributed by atoms with Gasteiger partial charge in [-0.05, 0) is 24.5 Å². The highest BCUT2D eigenvalue weighted by Gasteiger charge is 2.30. The van der Waals surface area contributed by atoms with Crippen molar-refractivity contribution in [2.75, 3.05) is 19.1 Å². The van der Waals surface area contributed by atoms with E-state index < -0.39 is 0 Å². The average Bonchev–Trinajstić information content (AvgIpc) is 2.38. The predicted molar refractivity (Wildman–Crippen MR) is 64.5 cm³/mol. The lowest BCUT2D eigenvalue weighted by Crippen LogP contribution is -2.50. The number of aromatic nitrogens is 1. The Labute approximate surface area is 105 Å². The average molecular weight is 259 g/mol. The van der Waals surface area contributed by atoms with Crippen molar-refractivity contribution in [2.45, 2.75) is 24.9 Å². The van der Waals surface area contributed by atoms with E-state index in [1.54, 1.807) is 6.20 Å². The van der Waals surface area contributed by atoms with Gasteiger partial charge in [-0.3, -0.25) is 4.98 Å². The number of alkyl halides is 1. The summed E-state index contributed by atoms with van der Waals surface area (Å²) in [6, 6.07) is 1.49. The Bertz CT molecular complexity index is 369. The third-order valence-corrected chi connectivity index (χ3v) is 3.65. The van der Waals surface area contributed by atoms with Gasteiger partial charge in [-0.2, -0.15) is 0 Å². The molecule has 1 N–H and O–H groups in total. The van der Waals surface area contributed by atoms with Crippen molar-refractivity contribution in [2.24, 2.45) is 0 Å². The van der Waals surface area contributed by atoms with Gasteiger partial charge in [0.15, 0.2) is 0 Å². The van der Waals surface area contributed by atoms with Crippen LogP contribution >= 0.6 is 11.6 Å². The summed E-state index contributed by atoms with van der Waals surface area (Å²) in [5, 5.41) is 3.41. The fraction of sp³-hybridized carbons (Fsp3) is 0.583. The number of ether oxygens (including phenoxy) is 1. The first-order valence-electron chi connectivity index (χ1n) is 5.72. The zero-order valence-corrected chi connectivity index (χ0v) is 10.3. The van der Waals surface area contributed by atoms with Gasteiger partial charge in [0.1, 0.15) is 5.82 Å². The molecule has 1 aromatic heterocycles. The molecule has 1 aliphatic heterocycles. The quantitative estimate of drug-likeness (QED) is 0.840. The van der Waals surface area contributed by atoms with Gasteiger partial charge in [0.25, 0.3) is 0 Å². The van der Waals surface area contributed by atoms with Crippen LogP contribution in [0.15, 0.2) is 18.5 Å². The summed E-state index contributed by atoms with van der Waals surface area (Å²) in [7, 11) is 0. The van der Waals surface area contributed by atoms with Crippen LogP contribution in [0.1, 0.15) is 18.4 Å². The molecule has 0 bridgehead atoms. The van der Waals surface area contributed by atoms with Crippen molar-refractivity contribution in [1.82, 2.24) is 10.3 Å². The number of nitrogens with one attached hydrogen (secondary N) is 1. The highest BCUT2D eigenvalue weighted by molar-refractivity contribution is 6.18. The smallest absolute Gasteiger partial charge is 0.141 e. The third kappa shape index (κ3) is 3.37. The molecular weight excluding hydrogens is 243 g/mol. The van der Waals surface area contributed by atoms with Gasteiger partial charge in [-0.25, -0.2) is 4.39 Å². The van der Waals surface area contributed by atoms with Gasteiger partial charge < -0.3 is 10.1 Å². The molecular formula is C12H16ClFN2O. The van der Waals surface area contributed by atoms with E-state index in [-0.39, 0.29) is 11.4 Å². The van der Waals surface area contributed by atoms with Crippen LogP contribution in [0.5, 0.6) is 0 Å². The molecule has 0 radical (unpaired) electrons. The molecule has 0 unspecified atom stereocenters. The molecule has 1 fully saturated rings. The lowest BCUT2D eigenvalue weighted by Gasteiger charge is -2.36. The first-order chi connectivity index (χ1) is 8.24. The Morgan fingerprint density at radius 2 is 2.18 bits per heavy atom. The van der Waals surface area contributed by atoms with E-state index in [2.05, 4.69) is 10.3 Å². The predicted octanol–water partition coefficient (Wildman–Crippen LogP) is 2.10. The van der Waals surface area contributed by atoms with E-state index in [0.717, 1.165) is 31.6 Å². The first kappa shape index (κ1) is 12.7. The van der Waals surface area contributed by atoms with Gasteiger partial charge >= 0.3 is 0 Å². The summed E-state index contributed by atoms with van der Waals surface area (Å²) in [5.41, 5.74) is 0.743. The lowest BCUT2D eigenvalue weighted by molar-refractivity contribution is 0.0459. The van der Waals surface area contributed by atoms with E-state index >= 15 is 0 Å². The van der Waals surface area contributed by atoms with E-state index in [9.17, 15) is 4.39 Å². The number of halogens is 2. The summed E-state index contributed by atoms with van der Waals surface area (Å²) in [4.78, 5) is 3.82. The van der Waals surface area contributed by atoms with Crippen molar-refractivity contribution < 1.29 is 9.13 Å².